The second-order valence-corrected chi connectivity index (χ2v) is 8.42. The molecule has 6 heteroatoms. The highest BCUT2D eigenvalue weighted by molar-refractivity contribution is 14.1. The number of nitrogens with zero attached hydrogens (tertiary/aromatic N) is 1. The average Bonchev–Trinajstić information content (AvgIpc) is 2.96. The maximum atomic E-state index is 12.3. The van der Waals surface area contributed by atoms with Crippen LogP contribution in [0.15, 0.2) is 48.5 Å². The van der Waals surface area contributed by atoms with Crippen LogP contribution in [-0.2, 0) is 11.2 Å². The summed E-state index contributed by atoms with van der Waals surface area (Å²) in [4.78, 5) is 20.3. The lowest BCUT2D eigenvalue weighted by Gasteiger charge is -2.23. The number of hydrogen-bond donors (Lipinski definition) is 2. The molecule has 3 rings (SSSR count). The second kappa shape index (κ2) is 7.65. The van der Waals surface area contributed by atoms with Gasteiger partial charge in [0.1, 0.15) is 11.4 Å². The summed E-state index contributed by atoms with van der Waals surface area (Å²) < 4.78 is 6.56. The number of benzene rings is 2. The molecule has 1 heterocycles. The Labute approximate surface area is 166 Å². The van der Waals surface area contributed by atoms with E-state index in [1.165, 1.54) is 0 Å². The molecule has 26 heavy (non-hydrogen) atoms. The van der Waals surface area contributed by atoms with Crippen LogP contribution in [0.25, 0.3) is 11.0 Å². The van der Waals surface area contributed by atoms with Gasteiger partial charge in [-0.05, 0) is 67.1 Å². The largest absolute Gasteiger partial charge is 0.444 e. The quantitative estimate of drug-likeness (QED) is 0.537. The lowest BCUT2D eigenvalue weighted by molar-refractivity contribution is 0.0501. The summed E-state index contributed by atoms with van der Waals surface area (Å²) in [5, 5.41) is 2.96. The zero-order valence-corrected chi connectivity index (χ0v) is 17.2. The molecule has 0 aliphatic rings. The van der Waals surface area contributed by atoms with E-state index in [9.17, 15) is 4.79 Å². The first-order valence-electron chi connectivity index (χ1n) is 8.49. The molecule has 2 N–H and O–H groups in total. The number of nitrogens with one attached hydrogen (secondary N) is 2. The molecule has 0 fully saturated rings. The van der Waals surface area contributed by atoms with Gasteiger partial charge in [0.2, 0.25) is 0 Å². The van der Waals surface area contributed by atoms with Gasteiger partial charge in [-0.1, -0.05) is 30.3 Å². The number of amides is 1. The number of halogens is 1. The fourth-order valence-electron chi connectivity index (χ4n) is 2.68. The van der Waals surface area contributed by atoms with Crippen molar-refractivity contribution in [1.29, 1.82) is 0 Å². The fraction of sp³-hybridized carbons (Fsp3) is 0.300. The number of fused-ring (bicyclic) bond motifs is 1. The Morgan fingerprint density at radius 2 is 1.96 bits per heavy atom. The summed E-state index contributed by atoms with van der Waals surface area (Å²) >= 11 is 2.27. The molecule has 0 saturated carbocycles. The molecule has 5 nitrogen and oxygen atoms in total. The van der Waals surface area contributed by atoms with Crippen molar-refractivity contribution in [3.63, 3.8) is 0 Å². The lowest BCUT2D eigenvalue weighted by atomic mass is 10.1. The minimum atomic E-state index is -0.550. The van der Waals surface area contributed by atoms with Crippen LogP contribution in [0.3, 0.4) is 0 Å². The molecule has 1 amide bonds. The Morgan fingerprint density at radius 3 is 2.65 bits per heavy atom. The number of ether oxygens (including phenoxy) is 1. The van der Waals surface area contributed by atoms with Crippen molar-refractivity contribution in [2.45, 2.75) is 38.8 Å². The number of imidazole rings is 1. The molecule has 0 spiro atoms. The highest BCUT2D eigenvalue weighted by atomic mass is 127. The van der Waals surface area contributed by atoms with Gasteiger partial charge in [-0.3, -0.25) is 0 Å². The summed E-state index contributed by atoms with van der Waals surface area (Å²) in [6.45, 7) is 5.55. The summed E-state index contributed by atoms with van der Waals surface area (Å²) in [5.41, 5.74) is 2.40. The highest BCUT2D eigenvalue weighted by Gasteiger charge is 2.23. The van der Waals surface area contributed by atoms with Crippen LogP contribution in [0, 0.1) is 3.57 Å². The number of hydrogen-bond acceptors (Lipinski definition) is 3. The molecule has 0 radical (unpaired) electrons. The maximum Gasteiger partial charge on any atom is 0.408 e. The maximum absolute atomic E-state index is 12.3. The van der Waals surface area contributed by atoms with Gasteiger partial charge in [0.05, 0.1) is 17.1 Å². The van der Waals surface area contributed by atoms with Crippen LogP contribution in [-0.4, -0.2) is 21.7 Å². The first kappa shape index (κ1) is 18.7. The Kier molecular flexibility index (Phi) is 5.50. The molecule has 136 valence electrons. The van der Waals surface area contributed by atoms with Gasteiger partial charge in [-0.15, -0.1) is 0 Å². The summed E-state index contributed by atoms with van der Waals surface area (Å²) in [6.07, 6.45) is 0.172. The van der Waals surface area contributed by atoms with Crippen molar-refractivity contribution in [3.8, 4) is 0 Å². The van der Waals surface area contributed by atoms with E-state index in [4.69, 9.17) is 4.74 Å². The molecule has 1 aromatic heterocycles. The zero-order chi connectivity index (χ0) is 18.7. The number of H-pyrrole nitrogens is 1. The normalized spacial score (nSPS) is 12.8. The molecule has 2 aromatic carbocycles. The van der Waals surface area contributed by atoms with Crippen molar-refractivity contribution in [3.05, 3.63) is 63.5 Å². The van der Waals surface area contributed by atoms with E-state index >= 15 is 0 Å². The Bertz CT molecular complexity index is 900. The molecule has 3 aromatic rings. The van der Waals surface area contributed by atoms with Gasteiger partial charge in [0.25, 0.3) is 0 Å². The van der Waals surface area contributed by atoms with Gasteiger partial charge in [0.15, 0.2) is 0 Å². The van der Waals surface area contributed by atoms with Crippen molar-refractivity contribution < 1.29 is 9.53 Å². The molecule has 0 bridgehead atoms. The minimum absolute atomic E-state index is 0.308. The molecular formula is C20H22IN3O2. The molecular weight excluding hydrogens is 441 g/mol. The number of carbonyl (C=O) groups excluding carboxylic acids is 1. The summed E-state index contributed by atoms with van der Waals surface area (Å²) in [5.74, 6) is 0.719. The SMILES string of the molecule is CC(C)(C)OC(=O)NC(Cc1ccccc1)c1nc2ccc(I)cc2[nH]1. The predicted octanol–water partition coefficient (Wildman–Crippen LogP) is 4.98. The third-order valence-corrected chi connectivity index (χ3v) is 4.44. The highest BCUT2D eigenvalue weighted by Crippen LogP contribution is 2.22. The predicted molar refractivity (Wildman–Crippen MR) is 111 cm³/mol. The Balaban J connectivity index is 1.89. The molecule has 0 aliphatic heterocycles. The van der Waals surface area contributed by atoms with E-state index in [2.05, 4.69) is 37.9 Å². The third-order valence-electron chi connectivity index (χ3n) is 3.77. The van der Waals surface area contributed by atoms with E-state index in [-0.39, 0.29) is 6.04 Å². The third kappa shape index (κ3) is 4.97. The van der Waals surface area contributed by atoms with Crippen LogP contribution in [0.1, 0.15) is 38.2 Å². The first-order chi connectivity index (χ1) is 12.3. The number of rotatable bonds is 4. The molecule has 1 unspecified atom stereocenters. The van der Waals surface area contributed by atoms with Crippen molar-refractivity contribution in [1.82, 2.24) is 15.3 Å². The van der Waals surface area contributed by atoms with Crippen LogP contribution in [0.5, 0.6) is 0 Å². The van der Waals surface area contributed by atoms with Gasteiger partial charge in [0, 0.05) is 9.99 Å². The van der Waals surface area contributed by atoms with E-state index in [1.54, 1.807) is 0 Å². The number of alkyl carbamates (subject to hydrolysis) is 1. The van der Waals surface area contributed by atoms with Crippen LogP contribution >= 0.6 is 22.6 Å². The van der Waals surface area contributed by atoms with Crippen LogP contribution in [0.2, 0.25) is 0 Å². The minimum Gasteiger partial charge on any atom is -0.444 e. The van der Waals surface area contributed by atoms with Crippen molar-refractivity contribution >= 4 is 39.7 Å². The Morgan fingerprint density at radius 1 is 1.23 bits per heavy atom. The molecule has 0 aliphatic carbocycles. The van der Waals surface area contributed by atoms with Gasteiger partial charge < -0.3 is 15.0 Å². The first-order valence-corrected chi connectivity index (χ1v) is 9.57. The number of carbonyl (C=O) groups is 1. The topological polar surface area (TPSA) is 67.0 Å². The van der Waals surface area contributed by atoms with Crippen molar-refractivity contribution in [2.75, 3.05) is 0 Å². The smallest absolute Gasteiger partial charge is 0.408 e. The fourth-order valence-corrected chi connectivity index (χ4v) is 3.17. The molecule has 0 saturated heterocycles. The summed E-state index contributed by atoms with van der Waals surface area (Å²) in [6, 6.07) is 15.7. The van der Waals surface area contributed by atoms with Gasteiger partial charge in [-0.2, -0.15) is 0 Å². The van der Waals surface area contributed by atoms with Crippen LogP contribution in [0.4, 0.5) is 4.79 Å². The molecule has 1 atom stereocenters. The lowest BCUT2D eigenvalue weighted by Crippen LogP contribution is -2.36. The van der Waals surface area contributed by atoms with Crippen LogP contribution < -0.4 is 5.32 Å². The zero-order valence-electron chi connectivity index (χ0n) is 15.0. The van der Waals surface area contributed by atoms with Gasteiger partial charge in [-0.25, -0.2) is 9.78 Å². The Hall–Kier alpha value is -2.09. The van der Waals surface area contributed by atoms with E-state index in [0.717, 1.165) is 26.0 Å². The number of aromatic amines is 1. The average molecular weight is 463 g/mol. The second-order valence-electron chi connectivity index (χ2n) is 7.17. The van der Waals surface area contributed by atoms with Crippen molar-refractivity contribution in [2.24, 2.45) is 0 Å². The summed E-state index contributed by atoms with van der Waals surface area (Å²) in [7, 11) is 0. The van der Waals surface area contributed by atoms with Gasteiger partial charge >= 0.3 is 6.09 Å². The standard InChI is InChI=1S/C20H22IN3O2/c1-20(2,3)26-19(25)24-17(11-13-7-5-4-6-8-13)18-22-15-10-9-14(21)12-16(15)23-18/h4-10,12,17H,11H2,1-3H3,(H,22,23)(H,24,25). The van der Waals surface area contributed by atoms with E-state index in [0.29, 0.717) is 6.42 Å². The number of aromatic nitrogens is 2. The van der Waals surface area contributed by atoms with E-state index in [1.807, 2.05) is 69.3 Å². The van der Waals surface area contributed by atoms with E-state index < -0.39 is 11.7 Å². The monoisotopic (exact) mass is 463 g/mol.